The molecule has 0 bridgehead atoms. The van der Waals surface area contributed by atoms with Crippen molar-refractivity contribution >= 4 is 11.9 Å². The molecule has 15 heavy (non-hydrogen) atoms. The van der Waals surface area contributed by atoms with E-state index in [-0.39, 0.29) is 24.8 Å². The van der Waals surface area contributed by atoms with Crippen LogP contribution in [-0.2, 0) is 9.59 Å². The first-order chi connectivity index (χ1) is 7.14. The summed E-state index contributed by atoms with van der Waals surface area (Å²) < 4.78 is 0. The van der Waals surface area contributed by atoms with Gasteiger partial charge in [-0.15, -0.1) is 0 Å². The Morgan fingerprint density at radius 2 is 2.00 bits per heavy atom. The molecule has 1 spiro atoms. The Balaban J connectivity index is 1.72. The van der Waals surface area contributed by atoms with Crippen molar-refractivity contribution in [1.29, 1.82) is 0 Å². The van der Waals surface area contributed by atoms with Gasteiger partial charge in [-0.2, -0.15) is 0 Å². The summed E-state index contributed by atoms with van der Waals surface area (Å²) in [5.74, 6) is -0.617. The van der Waals surface area contributed by atoms with E-state index in [2.05, 4.69) is 5.32 Å². The van der Waals surface area contributed by atoms with Crippen LogP contribution in [0, 0.1) is 11.3 Å². The second-order valence-electron chi connectivity index (χ2n) is 4.76. The van der Waals surface area contributed by atoms with Crippen molar-refractivity contribution in [2.75, 3.05) is 6.54 Å². The van der Waals surface area contributed by atoms with Crippen LogP contribution in [0.5, 0.6) is 0 Å². The molecule has 84 valence electrons. The summed E-state index contributed by atoms with van der Waals surface area (Å²) in [4.78, 5) is 21.9. The SMILES string of the molecule is O=C(O)CCNC(=O)C1CC12CCCC2. The quantitative estimate of drug-likeness (QED) is 0.733. The van der Waals surface area contributed by atoms with Gasteiger partial charge in [-0.3, -0.25) is 9.59 Å². The number of carboxylic acid groups (broad SMARTS) is 1. The van der Waals surface area contributed by atoms with E-state index >= 15 is 0 Å². The highest BCUT2D eigenvalue weighted by Crippen LogP contribution is 2.62. The third kappa shape index (κ3) is 2.13. The number of aliphatic carboxylic acids is 1. The number of rotatable bonds is 4. The van der Waals surface area contributed by atoms with Gasteiger partial charge in [0.2, 0.25) is 5.91 Å². The molecule has 2 saturated carbocycles. The second kappa shape index (κ2) is 3.83. The van der Waals surface area contributed by atoms with Crippen LogP contribution in [0.2, 0.25) is 0 Å². The maximum Gasteiger partial charge on any atom is 0.305 e. The van der Waals surface area contributed by atoms with Crippen molar-refractivity contribution in [3.05, 3.63) is 0 Å². The Bertz CT molecular complexity index is 282. The smallest absolute Gasteiger partial charge is 0.305 e. The van der Waals surface area contributed by atoms with Gasteiger partial charge in [0.05, 0.1) is 6.42 Å². The highest BCUT2D eigenvalue weighted by atomic mass is 16.4. The lowest BCUT2D eigenvalue weighted by atomic mass is 10.0. The molecule has 0 heterocycles. The van der Waals surface area contributed by atoms with Gasteiger partial charge in [-0.1, -0.05) is 12.8 Å². The molecule has 1 atom stereocenters. The fraction of sp³-hybridized carbons (Fsp3) is 0.818. The molecule has 4 nitrogen and oxygen atoms in total. The van der Waals surface area contributed by atoms with Crippen LogP contribution in [0.15, 0.2) is 0 Å². The molecule has 0 aliphatic heterocycles. The summed E-state index contributed by atoms with van der Waals surface area (Å²) >= 11 is 0. The summed E-state index contributed by atoms with van der Waals surface area (Å²) in [5, 5.41) is 11.1. The maximum absolute atomic E-state index is 11.6. The van der Waals surface area contributed by atoms with E-state index in [4.69, 9.17) is 5.11 Å². The van der Waals surface area contributed by atoms with Gasteiger partial charge < -0.3 is 10.4 Å². The van der Waals surface area contributed by atoms with E-state index in [1.165, 1.54) is 25.7 Å². The lowest BCUT2D eigenvalue weighted by Gasteiger charge is -2.07. The van der Waals surface area contributed by atoms with Crippen LogP contribution in [0.3, 0.4) is 0 Å². The van der Waals surface area contributed by atoms with Gasteiger partial charge in [-0.05, 0) is 24.7 Å². The first-order valence-electron chi connectivity index (χ1n) is 5.64. The van der Waals surface area contributed by atoms with Crippen molar-refractivity contribution in [2.24, 2.45) is 11.3 Å². The predicted octanol–water partition coefficient (Wildman–Crippen LogP) is 1.16. The van der Waals surface area contributed by atoms with Crippen molar-refractivity contribution < 1.29 is 14.7 Å². The molecular formula is C11H17NO3. The number of nitrogens with one attached hydrogen (secondary N) is 1. The number of hydrogen-bond acceptors (Lipinski definition) is 2. The third-order valence-corrected chi connectivity index (χ3v) is 3.74. The van der Waals surface area contributed by atoms with Crippen molar-refractivity contribution in [2.45, 2.75) is 38.5 Å². The topological polar surface area (TPSA) is 66.4 Å². The Hall–Kier alpha value is -1.06. The fourth-order valence-corrected chi connectivity index (χ4v) is 2.77. The van der Waals surface area contributed by atoms with Crippen molar-refractivity contribution in [1.82, 2.24) is 5.32 Å². The normalized spacial score (nSPS) is 26.5. The number of carboxylic acids is 1. The van der Waals surface area contributed by atoms with Crippen LogP contribution in [0.4, 0.5) is 0 Å². The van der Waals surface area contributed by atoms with Crippen LogP contribution in [-0.4, -0.2) is 23.5 Å². The van der Waals surface area contributed by atoms with Gasteiger partial charge in [0, 0.05) is 12.5 Å². The van der Waals surface area contributed by atoms with Crippen LogP contribution < -0.4 is 5.32 Å². The van der Waals surface area contributed by atoms with E-state index in [9.17, 15) is 9.59 Å². The Kier molecular flexibility index (Phi) is 2.67. The molecule has 4 heteroatoms. The van der Waals surface area contributed by atoms with Gasteiger partial charge in [0.25, 0.3) is 0 Å². The first kappa shape index (κ1) is 10.5. The number of hydrogen-bond donors (Lipinski definition) is 2. The molecule has 2 aliphatic rings. The van der Waals surface area contributed by atoms with Crippen molar-refractivity contribution in [3.8, 4) is 0 Å². The highest BCUT2D eigenvalue weighted by Gasteiger charge is 2.58. The minimum atomic E-state index is -0.860. The highest BCUT2D eigenvalue weighted by molar-refractivity contribution is 5.83. The summed E-state index contributed by atoms with van der Waals surface area (Å²) in [6.45, 7) is 0.265. The molecule has 2 N–H and O–H groups in total. The number of amides is 1. The van der Waals surface area contributed by atoms with Crippen molar-refractivity contribution in [3.63, 3.8) is 0 Å². The van der Waals surface area contributed by atoms with Crippen LogP contribution in [0.25, 0.3) is 0 Å². The molecule has 1 amide bonds. The lowest BCUT2D eigenvalue weighted by molar-refractivity contribution is -0.136. The molecule has 2 rings (SSSR count). The molecule has 0 aromatic rings. The summed E-state index contributed by atoms with van der Waals surface area (Å²) in [6, 6.07) is 0. The Morgan fingerprint density at radius 1 is 1.33 bits per heavy atom. The molecule has 0 aromatic carbocycles. The molecule has 0 radical (unpaired) electrons. The zero-order chi connectivity index (χ0) is 10.9. The summed E-state index contributed by atoms with van der Waals surface area (Å²) in [7, 11) is 0. The Labute approximate surface area is 89.0 Å². The van der Waals surface area contributed by atoms with E-state index < -0.39 is 5.97 Å². The fourth-order valence-electron chi connectivity index (χ4n) is 2.77. The summed E-state index contributed by atoms with van der Waals surface area (Å²) in [5.41, 5.74) is 0.313. The van der Waals surface area contributed by atoms with E-state index in [1.807, 2.05) is 0 Å². The van der Waals surface area contributed by atoms with Gasteiger partial charge >= 0.3 is 5.97 Å². The minimum absolute atomic E-state index is 0.0193. The Morgan fingerprint density at radius 3 is 2.60 bits per heavy atom. The zero-order valence-electron chi connectivity index (χ0n) is 8.79. The molecular weight excluding hydrogens is 194 g/mol. The predicted molar refractivity (Wildman–Crippen MR) is 54.3 cm³/mol. The van der Waals surface area contributed by atoms with Crippen LogP contribution in [0.1, 0.15) is 38.5 Å². The molecule has 2 fully saturated rings. The van der Waals surface area contributed by atoms with Crippen LogP contribution >= 0.6 is 0 Å². The maximum atomic E-state index is 11.6. The summed E-state index contributed by atoms with van der Waals surface area (Å²) in [6.07, 6.45) is 5.91. The van der Waals surface area contributed by atoms with E-state index in [0.29, 0.717) is 5.41 Å². The minimum Gasteiger partial charge on any atom is -0.481 e. The lowest BCUT2D eigenvalue weighted by Crippen LogP contribution is -2.29. The largest absolute Gasteiger partial charge is 0.481 e. The molecule has 0 aromatic heterocycles. The molecule has 2 aliphatic carbocycles. The average Bonchev–Trinajstić information content (AvgIpc) is 2.64. The zero-order valence-corrected chi connectivity index (χ0v) is 8.79. The number of carbonyl (C=O) groups excluding carboxylic acids is 1. The molecule has 1 unspecified atom stereocenters. The van der Waals surface area contributed by atoms with Gasteiger partial charge in [0.1, 0.15) is 0 Å². The monoisotopic (exact) mass is 211 g/mol. The van der Waals surface area contributed by atoms with E-state index in [0.717, 1.165) is 6.42 Å². The van der Waals surface area contributed by atoms with Gasteiger partial charge in [-0.25, -0.2) is 0 Å². The number of carbonyl (C=O) groups is 2. The molecule has 0 saturated heterocycles. The van der Waals surface area contributed by atoms with Gasteiger partial charge in [0.15, 0.2) is 0 Å². The van der Waals surface area contributed by atoms with E-state index in [1.54, 1.807) is 0 Å². The standard InChI is InChI=1S/C11H17NO3/c13-9(14)3-6-12-10(15)8-7-11(8)4-1-2-5-11/h8H,1-7H2,(H,12,15)(H,13,14). The third-order valence-electron chi connectivity index (χ3n) is 3.74. The average molecular weight is 211 g/mol. The first-order valence-corrected chi connectivity index (χ1v) is 5.64. The second-order valence-corrected chi connectivity index (χ2v) is 4.76.